The molecule has 0 aromatic heterocycles. The van der Waals surface area contributed by atoms with Gasteiger partial charge in [-0.15, -0.1) is 0 Å². The average Bonchev–Trinajstić information content (AvgIpc) is 3.07. The number of allylic oxidation sites excluding steroid dienone is 1. The molecule has 0 spiro atoms. The van der Waals surface area contributed by atoms with Gasteiger partial charge < -0.3 is 14.2 Å². The predicted octanol–water partition coefficient (Wildman–Crippen LogP) is 3.47. The highest BCUT2D eigenvalue weighted by atomic mass is 32.2. The molecule has 156 valence electrons. The first kappa shape index (κ1) is 21.6. The van der Waals surface area contributed by atoms with Crippen LogP contribution >= 0.6 is 11.8 Å². The second-order valence-electron chi connectivity index (χ2n) is 6.44. The highest BCUT2D eigenvalue weighted by molar-refractivity contribution is 8.15. The number of amides is 2. The number of rotatable bonds is 9. The number of hydrogen-bond donors (Lipinski definition) is 1. The van der Waals surface area contributed by atoms with Gasteiger partial charge in [0.25, 0.3) is 5.24 Å². The smallest absolute Gasteiger partial charge is 0.286 e. The van der Waals surface area contributed by atoms with Crippen LogP contribution in [-0.2, 0) is 16.0 Å². The molecule has 2 amide bonds. The Hall–Kier alpha value is -3.10. The largest absolute Gasteiger partial charge is 0.493 e. The molecule has 1 fully saturated rings. The summed E-state index contributed by atoms with van der Waals surface area (Å²) in [5, 5.41) is 1.52. The zero-order chi connectivity index (χ0) is 21.5. The maximum Gasteiger partial charge on any atom is 0.286 e. The van der Waals surface area contributed by atoms with E-state index in [4.69, 9.17) is 14.2 Å². The Morgan fingerprint density at radius 3 is 2.50 bits per heavy atom. The fraction of sp³-hybridized carbons (Fsp3) is 0.227. The lowest BCUT2D eigenvalue weighted by atomic mass is 10.0. The van der Waals surface area contributed by atoms with Crippen molar-refractivity contribution in [2.24, 2.45) is 0 Å². The van der Waals surface area contributed by atoms with Crippen LogP contribution < -0.4 is 14.8 Å². The molecule has 1 aliphatic rings. The van der Waals surface area contributed by atoms with E-state index in [2.05, 4.69) is 5.32 Å². The zero-order valence-electron chi connectivity index (χ0n) is 16.5. The fourth-order valence-electron chi connectivity index (χ4n) is 2.84. The minimum absolute atomic E-state index is 0.112. The molecule has 0 saturated carbocycles. The molecule has 8 heteroatoms. The summed E-state index contributed by atoms with van der Waals surface area (Å²) in [7, 11) is 3.08. The second kappa shape index (κ2) is 10.1. The number of benzene rings is 2. The highest BCUT2D eigenvalue weighted by Gasteiger charge is 2.31. The van der Waals surface area contributed by atoms with E-state index in [1.165, 1.54) is 13.2 Å². The fourth-order valence-corrected chi connectivity index (χ4v) is 3.70. The van der Waals surface area contributed by atoms with E-state index in [1.807, 2.05) is 6.07 Å². The van der Waals surface area contributed by atoms with Crippen LogP contribution in [0.4, 0.5) is 4.79 Å². The van der Waals surface area contributed by atoms with Crippen LogP contribution in [0.1, 0.15) is 21.5 Å². The minimum atomic E-state index is -0.426. The molecule has 1 atom stereocenters. The van der Waals surface area contributed by atoms with Crippen LogP contribution in [-0.4, -0.2) is 43.2 Å². The van der Waals surface area contributed by atoms with Crippen LogP contribution in [0.25, 0.3) is 6.08 Å². The zero-order valence-corrected chi connectivity index (χ0v) is 17.4. The van der Waals surface area contributed by atoms with Crippen LogP contribution in [0.3, 0.4) is 0 Å². The Bertz CT molecular complexity index is 970. The molecule has 30 heavy (non-hydrogen) atoms. The molecule has 3 rings (SSSR count). The summed E-state index contributed by atoms with van der Waals surface area (Å²) in [5.41, 5.74) is 2.20. The summed E-state index contributed by atoms with van der Waals surface area (Å²) in [6.07, 6.45) is 3.62. The summed E-state index contributed by atoms with van der Waals surface area (Å²) < 4.78 is 15.6. The summed E-state index contributed by atoms with van der Waals surface area (Å²) in [5.74, 6) is 0.665. The van der Waals surface area contributed by atoms with E-state index in [9.17, 15) is 14.4 Å². The van der Waals surface area contributed by atoms with E-state index in [0.29, 0.717) is 23.5 Å². The quantitative estimate of drug-likeness (QED) is 0.372. The first-order valence-electron chi connectivity index (χ1n) is 9.12. The van der Waals surface area contributed by atoms with Gasteiger partial charge in [0.15, 0.2) is 24.1 Å². The molecular formula is C22H21NO6S. The highest BCUT2D eigenvalue weighted by Crippen LogP contribution is 2.28. The molecule has 0 radical (unpaired) electrons. The standard InChI is InChI=1S/C22H21NO6S/c1-27-13-29-18-10-6-14(11-19(18)28-2)5-9-17(24)16-7-3-15(4-8-16)12-20-21(25)23-22(26)30-20/h3-11,20H,12-13H2,1-2H3,(H,23,25,26)/b9-5+. The maximum absolute atomic E-state index is 12.5. The number of imide groups is 1. The van der Waals surface area contributed by atoms with Crippen LogP contribution in [0.2, 0.25) is 0 Å². The normalized spacial score (nSPS) is 16.0. The topological polar surface area (TPSA) is 90.9 Å². The van der Waals surface area contributed by atoms with Crippen LogP contribution in [0.5, 0.6) is 11.5 Å². The van der Waals surface area contributed by atoms with E-state index in [-0.39, 0.29) is 23.7 Å². The van der Waals surface area contributed by atoms with Gasteiger partial charge in [0.05, 0.1) is 12.4 Å². The average molecular weight is 427 g/mol. The number of carbonyl (C=O) groups excluding carboxylic acids is 3. The lowest BCUT2D eigenvalue weighted by molar-refractivity contribution is -0.118. The van der Waals surface area contributed by atoms with Crippen molar-refractivity contribution >= 4 is 34.8 Å². The SMILES string of the molecule is COCOc1ccc(/C=C/C(=O)c2ccc(CC3SC(=O)NC3=O)cc2)cc1OC. The number of nitrogens with one attached hydrogen (secondary N) is 1. The molecule has 1 aliphatic heterocycles. The first-order chi connectivity index (χ1) is 14.5. The number of methoxy groups -OCH3 is 2. The molecule has 1 saturated heterocycles. The van der Waals surface area contributed by atoms with Gasteiger partial charge in [-0.3, -0.25) is 19.7 Å². The molecule has 0 aliphatic carbocycles. The van der Waals surface area contributed by atoms with Gasteiger partial charge in [-0.25, -0.2) is 0 Å². The minimum Gasteiger partial charge on any atom is -0.493 e. The third-order valence-electron chi connectivity index (χ3n) is 4.37. The Labute approximate surface area is 178 Å². The summed E-state index contributed by atoms with van der Waals surface area (Å²) in [6, 6.07) is 12.3. The molecule has 0 bridgehead atoms. The van der Waals surface area contributed by atoms with Crippen molar-refractivity contribution in [1.29, 1.82) is 0 Å². The Morgan fingerprint density at radius 2 is 1.87 bits per heavy atom. The second-order valence-corrected chi connectivity index (χ2v) is 7.62. The van der Waals surface area contributed by atoms with E-state index in [1.54, 1.807) is 49.6 Å². The van der Waals surface area contributed by atoms with Crippen molar-refractivity contribution in [1.82, 2.24) is 5.32 Å². The van der Waals surface area contributed by atoms with Crippen molar-refractivity contribution in [3.8, 4) is 11.5 Å². The number of carbonyl (C=O) groups is 3. The summed E-state index contributed by atoms with van der Waals surface area (Å²) in [4.78, 5) is 35.4. The van der Waals surface area contributed by atoms with Crippen molar-refractivity contribution in [2.45, 2.75) is 11.7 Å². The Balaban J connectivity index is 1.63. The Kier molecular flexibility index (Phi) is 7.26. The van der Waals surface area contributed by atoms with Gasteiger partial charge in [0, 0.05) is 12.7 Å². The van der Waals surface area contributed by atoms with E-state index < -0.39 is 5.25 Å². The maximum atomic E-state index is 12.5. The predicted molar refractivity (Wildman–Crippen MR) is 114 cm³/mol. The van der Waals surface area contributed by atoms with E-state index in [0.717, 1.165) is 22.9 Å². The molecular weight excluding hydrogens is 406 g/mol. The van der Waals surface area contributed by atoms with Crippen LogP contribution in [0, 0.1) is 0 Å². The molecule has 1 N–H and O–H groups in total. The van der Waals surface area contributed by atoms with Crippen molar-refractivity contribution in [3.63, 3.8) is 0 Å². The summed E-state index contributed by atoms with van der Waals surface area (Å²) in [6.45, 7) is 0.112. The van der Waals surface area contributed by atoms with Gasteiger partial charge >= 0.3 is 0 Å². The van der Waals surface area contributed by atoms with Crippen molar-refractivity contribution in [2.75, 3.05) is 21.0 Å². The van der Waals surface area contributed by atoms with Gasteiger partial charge in [-0.1, -0.05) is 48.2 Å². The monoisotopic (exact) mass is 427 g/mol. The Morgan fingerprint density at radius 1 is 1.10 bits per heavy atom. The first-order valence-corrected chi connectivity index (χ1v) is 10.0. The van der Waals surface area contributed by atoms with Gasteiger partial charge in [0.1, 0.15) is 0 Å². The summed E-state index contributed by atoms with van der Waals surface area (Å²) >= 11 is 0.989. The number of ketones is 1. The van der Waals surface area contributed by atoms with Gasteiger partial charge in [-0.2, -0.15) is 0 Å². The molecule has 1 heterocycles. The molecule has 2 aromatic carbocycles. The van der Waals surface area contributed by atoms with Crippen LogP contribution in [0.15, 0.2) is 48.5 Å². The van der Waals surface area contributed by atoms with Crippen molar-refractivity contribution in [3.05, 3.63) is 65.2 Å². The number of ether oxygens (including phenoxy) is 3. The van der Waals surface area contributed by atoms with Gasteiger partial charge in [0.2, 0.25) is 5.91 Å². The molecule has 2 aromatic rings. The third-order valence-corrected chi connectivity index (χ3v) is 5.36. The number of hydrogen-bond acceptors (Lipinski definition) is 7. The molecule has 7 nitrogen and oxygen atoms in total. The van der Waals surface area contributed by atoms with Crippen molar-refractivity contribution < 1.29 is 28.6 Å². The molecule has 1 unspecified atom stereocenters. The third kappa shape index (κ3) is 5.49. The lowest BCUT2D eigenvalue weighted by Crippen LogP contribution is -2.25. The number of thioether (sulfide) groups is 1. The van der Waals surface area contributed by atoms with E-state index >= 15 is 0 Å². The van der Waals surface area contributed by atoms with Gasteiger partial charge in [-0.05, 0) is 35.8 Å². The lowest BCUT2D eigenvalue weighted by Gasteiger charge is -2.10.